The largest absolute Gasteiger partial charge is 0.496 e. The van der Waals surface area contributed by atoms with Crippen molar-refractivity contribution in [2.45, 2.75) is 38.4 Å². The summed E-state index contributed by atoms with van der Waals surface area (Å²) in [5.74, 6) is -1.04. The molecule has 240 valence electrons. The number of likely N-dealkylation sites (N-methyl/N-ethyl adjacent to an activating group) is 3. The number of carbonyl (C=O) groups excluding carboxylic acids is 3. The standard InChI is InChI=1S/C34H35ClFN5O5/c1-18-21(8-7-11-27(18)38-31(43)25-17-40(3)33-34(46-33)41(4)32(25)44)23-10-6-9-22(30(23)35)19-12-26(36)24(28(13-19)45-5)16-39(2)20-14-29(42)37-15-20/h6-13,17,20,33-34H,14-16H2,1-5H3,(H,37,42)(H,38,43)/t20-,33?,34?/m0/s1. The Bertz CT molecular complexity index is 1780. The van der Waals surface area contributed by atoms with E-state index in [2.05, 4.69) is 10.6 Å². The van der Waals surface area contributed by atoms with Gasteiger partial charge in [0, 0.05) is 68.2 Å². The SMILES string of the molecule is COc1cc(-c2cccc(-c3cccc(NC(=O)C4=CN(C)C5OC5N(C)C4=O)c3C)c2Cl)cc(F)c1CN(C)[C@@H]1CNC(=O)C1. The second kappa shape index (κ2) is 12.4. The molecule has 3 aromatic carbocycles. The van der Waals surface area contributed by atoms with Crippen molar-refractivity contribution in [2.24, 2.45) is 0 Å². The van der Waals surface area contributed by atoms with Crippen LogP contribution in [0.4, 0.5) is 10.1 Å². The minimum Gasteiger partial charge on any atom is -0.496 e. The Balaban J connectivity index is 1.28. The van der Waals surface area contributed by atoms with Crippen LogP contribution in [0.1, 0.15) is 17.5 Å². The van der Waals surface area contributed by atoms with E-state index in [0.717, 1.165) is 11.1 Å². The second-order valence-corrected chi connectivity index (χ2v) is 12.2. The molecule has 0 saturated carbocycles. The summed E-state index contributed by atoms with van der Waals surface area (Å²) in [6.07, 6.45) is 1.22. The number of hydrogen-bond donors (Lipinski definition) is 2. The molecule has 2 unspecified atom stereocenters. The fourth-order valence-electron chi connectivity index (χ4n) is 6.07. The molecule has 3 aromatic rings. The van der Waals surface area contributed by atoms with Gasteiger partial charge in [0.25, 0.3) is 11.8 Å². The Morgan fingerprint density at radius 1 is 1.13 bits per heavy atom. The Kier molecular flexibility index (Phi) is 8.49. The minimum absolute atomic E-state index is 0.00430. The molecule has 0 radical (unpaired) electrons. The van der Waals surface area contributed by atoms with E-state index in [1.807, 2.05) is 43.1 Å². The van der Waals surface area contributed by atoms with Gasteiger partial charge in [0.1, 0.15) is 17.1 Å². The van der Waals surface area contributed by atoms with Crippen molar-refractivity contribution in [3.05, 3.63) is 82.3 Å². The van der Waals surface area contributed by atoms with Crippen LogP contribution in [0.25, 0.3) is 22.3 Å². The minimum atomic E-state index is -0.533. The Morgan fingerprint density at radius 2 is 1.85 bits per heavy atom. The van der Waals surface area contributed by atoms with Crippen LogP contribution in [0.2, 0.25) is 5.02 Å². The highest BCUT2D eigenvalue weighted by atomic mass is 35.5. The molecule has 0 bridgehead atoms. The van der Waals surface area contributed by atoms with E-state index >= 15 is 4.39 Å². The summed E-state index contributed by atoms with van der Waals surface area (Å²) in [5.41, 5.74) is 4.27. The molecule has 0 aromatic heterocycles. The molecular weight excluding hydrogens is 613 g/mol. The smallest absolute Gasteiger partial charge is 0.262 e. The molecule has 3 aliphatic rings. The van der Waals surface area contributed by atoms with Crippen molar-refractivity contribution in [2.75, 3.05) is 40.1 Å². The quantitative estimate of drug-likeness (QED) is 0.277. The molecule has 0 aliphatic carbocycles. The van der Waals surface area contributed by atoms with Gasteiger partial charge in [-0.1, -0.05) is 41.9 Å². The summed E-state index contributed by atoms with van der Waals surface area (Å²) in [5, 5.41) is 6.11. The summed E-state index contributed by atoms with van der Waals surface area (Å²) in [7, 11) is 6.72. The number of amides is 3. The molecule has 6 rings (SSSR count). The van der Waals surface area contributed by atoms with Gasteiger partial charge in [0.2, 0.25) is 5.91 Å². The predicted octanol–water partition coefficient (Wildman–Crippen LogP) is 4.36. The Labute approximate surface area is 271 Å². The monoisotopic (exact) mass is 647 g/mol. The summed E-state index contributed by atoms with van der Waals surface area (Å²) >= 11 is 7.01. The number of carbonyl (C=O) groups is 3. The molecule has 2 fully saturated rings. The lowest BCUT2D eigenvalue weighted by molar-refractivity contribution is -0.129. The number of halogens is 2. The predicted molar refractivity (Wildman–Crippen MR) is 172 cm³/mol. The highest BCUT2D eigenvalue weighted by Gasteiger charge is 2.50. The van der Waals surface area contributed by atoms with Crippen LogP contribution in [-0.2, 0) is 25.7 Å². The van der Waals surface area contributed by atoms with Gasteiger partial charge in [-0.2, -0.15) is 0 Å². The van der Waals surface area contributed by atoms with Crippen LogP contribution in [0.3, 0.4) is 0 Å². The highest BCUT2D eigenvalue weighted by Crippen LogP contribution is 2.41. The van der Waals surface area contributed by atoms with Gasteiger partial charge in [-0.15, -0.1) is 0 Å². The fraction of sp³-hybridized carbons (Fsp3) is 0.324. The van der Waals surface area contributed by atoms with Crippen molar-refractivity contribution in [1.82, 2.24) is 20.0 Å². The van der Waals surface area contributed by atoms with E-state index in [1.54, 1.807) is 37.2 Å². The molecule has 46 heavy (non-hydrogen) atoms. The Morgan fingerprint density at radius 3 is 2.57 bits per heavy atom. The van der Waals surface area contributed by atoms with Crippen LogP contribution in [0.5, 0.6) is 5.75 Å². The summed E-state index contributed by atoms with van der Waals surface area (Å²) in [6, 6.07) is 14.1. The van der Waals surface area contributed by atoms with Crippen molar-refractivity contribution in [3.8, 4) is 28.0 Å². The first-order valence-corrected chi connectivity index (χ1v) is 15.3. The van der Waals surface area contributed by atoms with Crippen molar-refractivity contribution in [1.29, 1.82) is 0 Å². The topological polar surface area (TPSA) is 107 Å². The Hall–Kier alpha value is -4.45. The first kappa shape index (κ1) is 31.5. The number of fused-ring (bicyclic) bond motifs is 1. The fourth-order valence-corrected chi connectivity index (χ4v) is 6.41. The zero-order chi connectivity index (χ0) is 32.9. The van der Waals surface area contributed by atoms with Gasteiger partial charge < -0.3 is 29.9 Å². The van der Waals surface area contributed by atoms with Crippen molar-refractivity contribution < 1.29 is 28.2 Å². The molecule has 3 aliphatic heterocycles. The molecule has 10 nitrogen and oxygen atoms in total. The number of epoxide rings is 1. The third-order valence-corrected chi connectivity index (χ3v) is 9.31. The van der Waals surface area contributed by atoms with E-state index in [1.165, 1.54) is 24.3 Å². The molecule has 0 spiro atoms. The lowest BCUT2D eigenvalue weighted by atomic mass is 9.94. The van der Waals surface area contributed by atoms with E-state index in [-0.39, 0.29) is 36.5 Å². The lowest BCUT2D eigenvalue weighted by Crippen LogP contribution is -2.34. The zero-order valence-corrected chi connectivity index (χ0v) is 26.9. The number of rotatable bonds is 8. The number of benzene rings is 3. The van der Waals surface area contributed by atoms with Gasteiger partial charge in [0.05, 0.1) is 12.1 Å². The number of hydrogen-bond acceptors (Lipinski definition) is 7. The maximum absolute atomic E-state index is 15.7. The molecule has 2 N–H and O–H groups in total. The van der Waals surface area contributed by atoms with E-state index < -0.39 is 17.6 Å². The van der Waals surface area contributed by atoms with Gasteiger partial charge in [-0.3, -0.25) is 19.3 Å². The highest BCUT2D eigenvalue weighted by molar-refractivity contribution is 6.36. The maximum atomic E-state index is 15.7. The van der Waals surface area contributed by atoms with Crippen LogP contribution in [0, 0.1) is 12.7 Å². The van der Waals surface area contributed by atoms with Crippen molar-refractivity contribution in [3.63, 3.8) is 0 Å². The second-order valence-electron chi connectivity index (χ2n) is 11.9. The summed E-state index contributed by atoms with van der Waals surface area (Å²) in [4.78, 5) is 43.1. The average Bonchev–Trinajstić information content (AvgIpc) is 3.74. The van der Waals surface area contributed by atoms with Gasteiger partial charge >= 0.3 is 0 Å². The number of nitrogens with one attached hydrogen (secondary N) is 2. The third-order valence-electron chi connectivity index (χ3n) is 8.90. The third kappa shape index (κ3) is 5.81. The molecule has 3 heterocycles. The number of methoxy groups -OCH3 is 1. The number of ether oxygens (including phenoxy) is 2. The van der Waals surface area contributed by atoms with Crippen LogP contribution < -0.4 is 15.4 Å². The van der Waals surface area contributed by atoms with Crippen LogP contribution >= 0.6 is 11.6 Å². The zero-order valence-electron chi connectivity index (χ0n) is 26.2. The molecule has 3 amide bonds. The average molecular weight is 648 g/mol. The number of nitrogens with zero attached hydrogens (tertiary/aromatic N) is 3. The molecule has 12 heteroatoms. The van der Waals surface area contributed by atoms with E-state index in [9.17, 15) is 14.4 Å². The summed E-state index contributed by atoms with van der Waals surface area (Å²) < 4.78 is 26.8. The van der Waals surface area contributed by atoms with E-state index in [0.29, 0.717) is 51.7 Å². The van der Waals surface area contributed by atoms with Crippen LogP contribution in [0.15, 0.2) is 60.3 Å². The first-order valence-electron chi connectivity index (χ1n) is 14.9. The van der Waals surface area contributed by atoms with Crippen LogP contribution in [-0.4, -0.2) is 85.7 Å². The molecule has 3 atom stereocenters. The van der Waals surface area contributed by atoms with Crippen molar-refractivity contribution >= 4 is 35.0 Å². The van der Waals surface area contributed by atoms with E-state index in [4.69, 9.17) is 21.1 Å². The molecule has 2 saturated heterocycles. The van der Waals surface area contributed by atoms with Gasteiger partial charge in [-0.05, 0) is 48.9 Å². The maximum Gasteiger partial charge on any atom is 0.262 e. The summed E-state index contributed by atoms with van der Waals surface area (Å²) in [6.45, 7) is 2.65. The normalized spacial score (nSPS) is 20.7. The molecular formula is C34H35ClFN5O5. The first-order chi connectivity index (χ1) is 22.0. The number of anilines is 1. The van der Waals surface area contributed by atoms with Gasteiger partial charge in [-0.25, -0.2) is 4.39 Å². The lowest BCUT2D eigenvalue weighted by Gasteiger charge is -2.24. The van der Waals surface area contributed by atoms with Gasteiger partial charge in [0.15, 0.2) is 12.5 Å².